The topological polar surface area (TPSA) is 58.1 Å². The van der Waals surface area contributed by atoms with E-state index in [1.54, 1.807) is 19.2 Å². The normalized spacial score (nSPS) is 20.9. The minimum absolute atomic E-state index is 0.0584. The summed E-state index contributed by atoms with van der Waals surface area (Å²) in [4.78, 5) is 6.65. The third kappa shape index (κ3) is 9.77. The fraction of sp³-hybridized carbons (Fsp3) is 0.667. The first-order valence-corrected chi connectivity index (χ1v) is 10.3. The van der Waals surface area contributed by atoms with Crippen molar-refractivity contribution < 1.29 is 22.6 Å². The molecule has 6 nitrogen and oxygen atoms in total. The molecule has 2 unspecified atom stereocenters. The average Bonchev–Trinajstić information content (AvgIpc) is 2.67. The molecule has 1 aliphatic heterocycles. The number of nitrogens with one attached hydrogen (secondary N) is 2. The molecule has 0 aliphatic carbocycles. The number of alkyl halides is 3. The van der Waals surface area contributed by atoms with Crippen molar-refractivity contribution in [1.29, 1.82) is 0 Å². The van der Waals surface area contributed by atoms with Gasteiger partial charge in [0.1, 0.15) is 6.61 Å². The van der Waals surface area contributed by atoms with Crippen LogP contribution in [-0.2, 0) is 22.6 Å². The number of hydrogen-bond donors (Lipinski definition) is 2. The molecule has 1 aliphatic rings. The SMILES string of the molecule is CN=C(NCCCN1CC(C)OC(C)C1)NCc1ccc(COCC(F)(F)F)cc1. The second kappa shape index (κ2) is 12.1. The van der Waals surface area contributed by atoms with E-state index in [9.17, 15) is 13.2 Å². The molecule has 1 aromatic carbocycles. The summed E-state index contributed by atoms with van der Waals surface area (Å²) in [5.74, 6) is 0.719. The van der Waals surface area contributed by atoms with E-state index < -0.39 is 12.8 Å². The third-order valence-electron chi connectivity index (χ3n) is 4.68. The average molecular weight is 431 g/mol. The van der Waals surface area contributed by atoms with E-state index >= 15 is 0 Å². The Morgan fingerprint density at radius 1 is 1.13 bits per heavy atom. The molecular weight excluding hydrogens is 397 g/mol. The largest absolute Gasteiger partial charge is 0.411 e. The van der Waals surface area contributed by atoms with Gasteiger partial charge in [0.15, 0.2) is 5.96 Å². The standard InChI is InChI=1S/C21H33F3N4O2/c1-16-12-28(13-17(2)30-16)10-4-9-26-20(25-3)27-11-18-5-7-19(8-6-18)14-29-15-21(22,23)24/h5-8,16-17H,4,9-15H2,1-3H3,(H2,25,26,27). The first kappa shape index (κ1) is 24.4. The minimum atomic E-state index is -4.30. The molecule has 1 fully saturated rings. The van der Waals surface area contributed by atoms with E-state index in [1.165, 1.54) is 0 Å². The van der Waals surface area contributed by atoms with Crippen molar-refractivity contribution in [2.75, 3.05) is 39.8 Å². The van der Waals surface area contributed by atoms with Crippen molar-refractivity contribution in [1.82, 2.24) is 15.5 Å². The van der Waals surface area contributed by atoms with Crippen molar-refractivity contribution in [3.8, 4) is 0 Å². The summed E-state index contributed by atoms with van der Waals surface area (Å²) < 4.78 is 46.8. The maximum absolute atomic E-state index is 12.1. The quantitative estimate of drug-likeness (QED) is 0.358. The molecule has 0 radical (unpaired) electrons. The molecule has 2 rings (SSSR count). The van der Waals surface area contributed by atoms with Gasteiger partial charge >= 0.3 is 6.18 Å². The monoisotopic (exact) mass is 430 g/mol. The molecule has 170 valence electrons. The molecule has 0 saturated carbocycles. The van der Waals surface area contributed by atoms with E-state index in [1.807, 2.05) is 12.1 Å². The highest BCUT2D eigenvalue weighted by molar-refractivity contribution is 5.79. The van der Waals surface area contributed by atoms with Crippen molar-refractivity contribution in [3.05, 3.63) is 35.4 Å². The van der Waals surface area contributed by atoms with Crippen LogP contribution < -0.4 is 10.6 Å². The molecule has 0 bridgehead atoms. The third-order valence-corrected chi connectivity index (χ3v) is 4.68. The minimum Gasteiger partial charge on any atom is -0.373 e. The predicted molar refractivity (Wildman–Crippen MR) is 111 cm³/mol. The Morgan fingerprint density at radius 2 is 1.77 bits per heavy atom. The van der Waals surface area contributed by atoms with Crippen LogP contribution in [0.5, 0.6) is 0 Å². The van der Waals surface area contributed by atoms with Gasteiger partial charge in [0.25, 0.3) is 0 Å². The Morgan fingerprint density at radius 3 is 2.37 bits per heavy atom. The molecule has 0 amide bonds. The number of hydrogen-bond acceptors (Lipinski definition) is 4. The van der Waals surface area contributed by atoms with Crippen molar-refractivity contribution in [2.45, 2.75) is 51.8 Å². The molecule has 0 aromatic heterocycles. The smallest absolute Gasteiger partial charge is 0.373 e. The lowest BCUT2D eigenvalue weighted by Crippen LogP contribution is -2.46. The number of ether oxygens (including phenoxy) is 2. The maximum Gasteiger partial charge on any atom is 0.411 e. The lowest BCUT2D eigenvalue weighted by Gasteiger charge is -2.35. The second-order valence-electron chi connectivity index (χ2n) is 7.65. The number of morpholine rings is 1. The lowest BCUT2D eigenvalue weighted by molar-refractivity contribution is -0.176. The highest BCUT2D eigenvalue weighted by Gasteiger charge is 2.27. The lowest BCUT2D eigenvalue weighted by atomic mass is 10.1. The fourth-order valence-electron chi connectivity index (χ4n) is 3.42. The first-order chi connectivity index (χ1) is 14.2. The number of rotatable bonds is 9. The van der Waals surface area contributed by atoms with Gasteiger partial charge in [-0.2, -0.15) is 13.2 Å². The summed E-state index contributed by atoms with van der Waals surface area (Å²) >= 11 is 0. The molecule has 9 heteroatoms. The predicted octanol–water partition coefficient (Wildman–Crippen LogP) is 2.93. The fourth-order valence-corrected chi connectivity index (χ4v) is 3.42. The van der Waals surface area contributed by atoms with Crippen LogP contribution in [0.4, 0.5) is 13.2 Å². The molecule has 2 atom stereocenters. The summed E-state index contributed by atoms with van der Waals surface area (Å²) in [5, 5.41) is 6.56. The Balaban J connectivity index is 1.64. The highest BCUT2D eigenvalue weighted by atomic mass is 19.4. The van der Waals surface area contributed by atoms with Crippen LogP contribution in [0, 0.1) is 0 Å². The zero-order valence-electron chi connectivity index (χ0n) is 18.0. The second-order valence-corrected chi connectivity index (χ2v) is 7.65. The molecule has 2 N–H and O–H groups in total. The van der Waals surface area contributed by atoms with E-state index in [0.717, 1.165) is 44.1 Å². The van der Waals surface area contributed by atoms with Crippen LogP contribution in [0.3, 0.4) is 0 Å². The molecule has 1 aromatic rings. The van der Waals surface area contributed by atoms with Gasteiger partial charge < -0.3 is 20.1 Å². The van der Waals surface area contributed by atoms with Crippen molar-refractivity contribution in [2.24, 2.45) is 4.99 Å². The zero-order valence-corrected chi connectivity index (χ0v) is 18.0. The number of benzene rings is 1. The van der Waals surface area contributed by atoms with E-state index in [0.29, 0.717) is 12.1 Å². The molecular formula is C21H33F3N4O2. The van der Waals surface area contributed by atoms with Crippen LogP contribution in [0.25, 0.3) is 0 Å². The Hall–Kier alpha value is -1.84. The van der Waals surface area contributed by atoms with Gasteiger partial charge in [-0.1, -0.05) is 24.3 Å². The molecule has 0 spiro atoms. The van der Waals surface area contributed by atoms with Gasteiger partial charge in [-0.15, -0.1) is 0 Å². The number of guanidine groups is 1. The van der Waals surface area contributed by atoms with Gasteiger partial charge in [0.2, 0.25) is 0 Å². The van der Waals surface area contributed by atoms with E-state index in [-0.39, 0.29) is 18.8 Å². The van der Waals surface area contributed by atoms with Crippen LogP contribution in [0.1, 0.15) is 31.4 Å². The molecule has 1 saturated heterocycles. The first-order valence-electron chi connectivity index (χ1n) is 10.3. The Labute approximate surface area is 176 Å². The van der Waals surface area contributed by atoms with Gasteiger partial charge in [-0.3, -0.25) is 9.89 Å². The van der Waals surface area contributed by atoms with E-state index in [4.69, 9.17) is 4.74 Å². The van der Waals surface area contributed by atoms with Crippen LogP contribution in [0.2, 0.25) is 0 Å². The van der Waals surface area contributed by atoms with Gasteiger partial charge in [-0.25, -0.2) is 0 Å². The highest BCUT2D eigenvalue weighted by Crippen LogP contribution is 2.16. The summed E-state index contributed by atoms with van der Waals surface area (Å²) in [6, 6.07) is 7.28. The van der Waals surface area contributed by atoms with Crippen LogP contribution in [0.15, 0.2) is 29.3 Å². The Kier molecular flexibility index (Phi) is 9.87. The van der Waals surface area contributed by atoms with Gasteiger partial charge in [0.05, 0.1) is 18.8 Å². The summed E-state index contributed by atoms with van der Waals surface area (Å²) in [5.41, 5.74) is 1.71. The zero-order chi connectivity index (χ0) is 22.0. The Bertz CT molecular complexity index is 643. The summed E-state index contributed by atoms with van der Waals surface area (Å²) in [6.45, 7) is 7.25. The van der Waals surface area contributed by atoms with Crippen LogP contribution >= 0.6 is 0 Å². The van der Waals surface area contributed by atoms with E-state index in [2.05, 4.69) is 39.1 Å². The number of aliphatic imine (C=N–C) groups is 1. The molecule has 30 heavy (non-hydrogen) atoms. The van der Waals surface area contributed by atoms with Crippen LogP contribution in [-0.4, -0.2) is 69.1 Å². The number of nitrogens with zero attached hydrogens (tertiary/aromatic N) is 2. The van der Waals surface area contributed by atoms with Gasteiger partial charge in [-0.05, 0) is 31.4 Å². The van der Waals surface area contributed by atoms with Crippen molar-refractivity contribution >= 4 is 5.96 Å². The number of halogens is 3. The van der Waals surface area contributed by atoms with Gasteiger partial charge in [0, 0.05) is 39.8 Å². The molecule has 1 heterocycles. The summed E-state index contributed by atoms with van der Waals surface area (Å²) in [6.07, 6.45) is -2.74. The maximum atomic E-state index is 12.1. The van der Waals surface area contributed by atoms with Crippen molar-refractivity contribution in [3.63, 3.8) is 0 Å². The summed E-state index contributed by atoms with van der Waals surface area (Å²) in [7, 11) is 1.72.